The maximum absolute atomic E-state index is 13.0. The minimum Gasteiger partial charge on any atom is -0.379 e. The molecular formula is C20H24FN3O4S. The molecule has 0 unspecified atom stereocenters. The molecule has 1 aliphatic rings. The number of amides is 1. The van der Waals surface area contributed by atoms with Crippen LogP contribution in [0.5, 0.6) is 0 Å². The molecule has 29 heavy (non-hydrogen) atoms. The maximum Gasteiger partial charge on any atom is 0.243 e. The van der Waals surface area contributed by atoms with E-state index in [1.807, 2.05) is 0 Å². The molecule has 1 aliphatic heterocycles. The average Bonchev–Trinajstić information content (AvgIpc) is 2.70. The second-order valence-corrected chi connectivity index (χ2v) is 8.78. The second kappa shape index (κ2) is 8.89. The van der Waals surface area contributed by atoms with Crippen LogP contribution < -0.4 is 10.2 Å². The number of likely N-dealkylation sites (N-methyl/N-ethyl adjacent to an activating group) is 1. The van der Waals surface area contributed by atoms with Gasteiger partial charge in [-0.25, -0.2) is 12.8 Å². The Kier molecular flexibility index (Phi) is 6.51. The monoisotopic (exact) mass is 421 g/mol. The number of nitrogens with zero attached hydrogens (tertiary/aromatic N) is 2. The summed E-state index contributed by atoms with van der Waals surface area (Å²) in [6.07, 6.45) is 0. The second-order valence-electron chi connectivity index (χ2n) is 6.88. The summed E-state index contributed by atoms with van der Waals surface area (Å²) < 4.78 is 45.6. The quantitative estimate of drug-likeness (QED) is 0.774. The fourth-order valence-corrected chi connectivity index (χ4v) is 4.74. The summed E-state index contributed by atoms with van der Waals surface area (Å²) in [4.78, 5) is 14.3. The Morgan fingerprint density at radius 2 is 1.83 bits per heavy atom. The Balaban J connectivity index is 1.72. The summed E-state index contributed by atoms with van der Waals surface area (Å²) in [5.74, 6) is -0.657. The number of anilines is 2. The van der Waals surface area contributed by atoms with Gasteiger partial charge in [-0.1, -0.05) is 6.07 Å². The van der Waals surface area contributed by atoms with E-state index in [9.17, 15) is 17.6 Å². The summed E-state index contributed by atoms with van der Waals surface area (Å²) in [6, 6.07) is 10.6. The summed E-state index contributed by atoms with van der Waals surface area (Å²) >= 11 is 0. The molecule has 156 valence electrons. The number of nitrogens with one attached hydrogen (secondary N) is 1. The van der Waals surface area contributed by atoms with Crippen molar-refractivity contribution in [2.24, 2.45) is 0 Å². The number of hydrogen-bond acceptors (Lipinski definition) is 5. The van der Waals surface area contributed by atoms with Gasteiger partial charge in [-0.05, 0) is 48.9 Å². The van der Waals surface area contributed by atoms with Crippen molar-refractivity contribution >= 4 is 27.3 Å². The van der Waals surface area contributed by atoms with E-state index in [0.717, 1.165) is 0 Å². The lowest BCUT2D eigenvalue weighted by atomic mass is 10.2. The number of hydrogen-bond donors (Lipinski definition) is 1. The fraction of sp³-hybridized carbons (Fsp3) is 0.350. The minimum atomic E-state index is -3.67. The van der Waals surface area contributed by atoms with Gasteiger partial charge in [0.25, 0.3) is 0 Å². The van der Waals surface area contributed by atoms with Crippen molar-refractivity contribution in [2.45, 2.75) is 11.8 Å². The highest BCUT2D eigenvalue weighted by Gasteiger charge is 2.28. The Labute approximate surface area is 170 Å². The topological polar surface area (TPSA) is 79.0 Å². The number of carbonyl (C=O) groups is 1. The number of ether oxygens (including phenoxy) is 1. The lowest BCUT2D eigenvalue weighted by molar-refractivity contribution is -0.114. The van der Waals surface area contributed by atoms with Crippen molar-refractivity contribution < 1.29 is 22.3 Å². The van der Waals surface area contributed by atoms with Gasteiger partial charge in [-0.3, -0.25) is 4.79 Å². The lowest BCUT2D eigenvalue weighted by Gasteiger charge is -2.27. The van der Waals surface area contributed by atoms with Crippen LogP contribution in [0.4, 0.5) is 15.8 Å². The van der Waals surface area contributed by atoms with E-state index >= 15 is 0 Å². The lowest BCUT2D eigenvalue weighted by Crippen LogP contribution is -2.40. The van der Waals surface area contributed by atoms with E-state index in [-0.39, 0.29) is 23.2 Å². The largest absolute Gasteiger partial charge is 0.379 e. The van der Waals surface area contributed by atoms with Gasteiger partial charge in [-0.15, -0.1) is 0 Å². The Bertz CT molecular complexity index is 974. The highest BCUT2D eigenvalue weighted by molar-refractivity contribution is 7.89. The molecule has 1 saturated heterocycles. The van der Waals surface area contributed by atoms with Crippen molar-refractivity contribution in [1.29, 1.82) is 0 Å². The van der Waals surface area contributed by atoms with Gasteiger partial charge in [-0.2, -0.15) is 4.31 Å². The van der Waals surface area contributed by atoms with Crippen LogP contribution in [0.3, 0.4) is 0 Å². The average molecular weight is 421 g/mol. The fourth-order valence-electron chi connectivity index (χ4n) is 3.08. The molecule has 2 aromatic carbocycles. The highest BCUT2D eigenvalue weighted by Crippen LogP contribution is 2.24. The summed E-state index contributed by atoms with van der Waals surface area (Å²) in [5.41, 5.74) is 1.71. The number of aryl methyl sites for hydroxylation is 1. The molecule has 9 heteroatoms. The highest BCUT2D eigenvalue weighted by atomic mass is 32.2. The third kappa shape index (κ3) is 5.11. The number of morpholine rings is 1. The molecule has 1 fully saturated rings. The van der Waals surface area contributed by atoms with Crippen molar-refractivity contribution in [3.63, 3.8) is 0 Å². The van der Waals surface area contributed by atoms with Crippen LogP contribution in [-0.2, 0) is 19.6 Å². The number of halogens is 1. The first-order valence-electron chi connectivity index (χ1n) is 9.22. The normalized spacial score (nSPS) is 15.1. The van der Waals surface area contributed by atoms with Gasteiger partial charge in [0, 0.05) is 31.5 Å². The van der Waals surface area contributed by atoms with Gasteiger partial charge in [0.1, 0.15) is 5.82 Å². The van der Waals surface area contributed by atoms with Crippen molar-refractivity contribution in [3.05, 3.63) is 53.8 Å². The van der Waals surface area contributed by atoms with Crippen molar-refractivity contribution in [3.8, 4) is 0 Å². The Hall–Kier alpha value is -2.49. The van der Waals surface area contributed by atoms with Gasteiger partial charge in [0.15, 0.2) is 0 Å². The number of rotatable bonds is 6. The van der Waals surface area contributed by atoms with E-state index in [1.54, 1.807) is 43.1 Å². The smallest absolute Gasteiger partial charge is 0.243 e. The third-order valence-electron chi connectivity index (χ3n) is 4.71. The van der Waals surface area contributed by atoms with Crippen molar-refractivity contribution in [2.75, 3.05) is 50.1 Å². The molecule has 0 spiro atoms. The van der Waals surface area contributed by atoms with Crippen LogP contribution in [0.1, 0.15) is 5.56 Å². The molecule has 0 bridgehead atoms. The van der Waals surface area contributed by atoms with Crippen LogP contribution >= 0.6 is 0 Å². The van der Waals surface area contributed by atoms with E-state index < -0.39 is 10.0 Å². The van der Waals surface area contributed by atoms with Gasteiger partial charge >= 0.3 is 0 Å². The van der Waals surface area contributed by atoms with E-state index in [0.29, 0.717) is 43.2 Å². The molecule has 2 aromatic rings. The predicted molar refractivity (Wildman–Crippen MR) is 109 cm³/mol. The van der Waals surface area contributed by atoms with Gasteiger partial charge < -0.3 is 15.0 Å². The first kappa shape index (κ1) is 21.2. The molecular weight excluding hydrogens is 397 g/mol. The van der Waals surface area contributed by atoms with Gasteiger partial charge in [0.05, 0.1) is 24.7 Å². The molecule has 0 aromatic heterocycles. The third-order valence-corrected chi connectivity index (χ3v) is 6.75. The molecule has 7 nitrogen and oxygen atoms in total. The SMILES string of the molecule is Cc1ccc(NC(=O)CN(C)c2ccc(F)cc2)cc1S(=O)(=O)N1CCOCC1. The number of benzene rings is 2. The number of sulfonamides is 1. The van der Waals surface area contributed by atoms with Crippen molar-refractivity contribution in [1.82, 2.24) is 4.31 Å². The van der Waals surface area contributed by atoms with Crippen LogP contribution in [-0.4, -0.2) is 58.5 Å². The van der Waals surface area contributed by atoms with E-state index in [4.69, 9.17) is 4.74 Å². The molecule has 0 saturated carbocycles. The van der Waals surface area contributed by atoms with E-state index in [2.05, 4.69) is 5.32 Å². The Morgan fingerprint density at radius 1 is 1.17 bits per heavy atom. The van der Waals surface area contributed by atoms with Crippen LogP contribution in [0, 0.1) is 12.7 Å². The summed E-state index contributed by atoms with van der Waals surface area (Å²) in [7, 11) is -1.95. The molecule has 1 heterocycles. The van der Waals surface area contributed by atoms with Gasteiger partial charge in [0.2, 0.25) is 15.9 Å². The standard InChI is InChI=1S/C20H24FN3O4S/c1-15-3-6-17(13-19(15)29(26,27)24-9-11-28-12-10-24)22-20(25)14-23(2)18-7-4-16(21)5-8-18/h3-8,13H,9-12,14H2,1-2H3,(H,22,25). The van der Waals surface area contributed by atoms with Crippen LogP contribution in [0.15, 0.2) is 47.4 Å². The van der Waals surface area contributed by atoms with E-state index in [1.165, 1.54) is 22.5 Å². The zero-order chi connectivity index (χ0) is 21.0. The molecule has 0 aliphatic carbocycles. The zero-order valence-corrected chi connectivity index (χ0v) is 17.2. The molecule has 0 atom stereocenters. The summed E-state index contributed by atoms with van der Waals surface area (Å²) in [5, 5.41) is 2.73. The first-order chi connectivity index (χ1) is 13.8. The molecule has 1 amide bonds. The minimum absolute atomic E-state index is 0.0328. The first-order valence-corrected chi connectivity index (χ1v) is 10.7. The Morgan fingerprint density at radius 3 is 2.48 bits per heavy atom. The molecule has 3 rings (SSSR count). The number of carbonyl (C=O) groups excluding carboxylic acids is 1. The maximum atomic E-state index is 13.0. The predicted octanol–water partition coefficient (Wildman–Crippen LogP) is 2.23. The summed E-state index contributed by atoms with van der Waals surface area (Å²) in [6.45, 7) is 3.10. The molecule has 0 radical (unpaired) electrons. The van der Waals surface area contributed by atoms with Crippen LogP contribution in [0.2, 0.25) is 0 Å². The zero-order valence-electron chi connectivity index (χ0n) is 16.4. The van der Waals surface area contributed by atoms with Crippen LogP contribution in [0.25, 0.3) is 0 Å². The molecule has 1 N–H and O–H groups in total.